The highest BCUT2D eigenvalue weighted by atomic mass is 79.9. The Bertz CT molecular complexity index is 392. The fourth-order valence-corrected chi connectivity index (χ4v) is 3.94. The van der Waals surface area contributed by atoms with Gasteiger partial charge in [-0.3, -0.25) is 4.79 Å². The van der Waals surface area contributed by atoms with Crippen LogP contribution in [0.3, 0.4) is 0 Å². The topological polar surface area (TPSA) is 38.3 Å². The molecule has 2 rings (SSSR count). The molecular weight excluding hydrogens is 314 g/mol. The third kappa shape index (κ3) is 3.33. The summed E-state index contributed by atoms with van der Waals surface area (Å²) in [6.45, 7) is 0.558. The third-order valence-electron chi connectivity index (χ3n) is 3.13. The molecule has 1 amide bonds. The number of alkyl halides is 1. The fourth-order valence-electron chi connectivity index (χ4n) is 2.23. The molecule has 0 saturated heterocycles. The summed E-state index contributed by atoms with van der Waals surface area (Å²) in [6, 6.07) is 2.14. The van der Waals surface area contributed by atoms with Gasteiger partial charge in [-0.2, -0.15) is 0 Å². The van der Waals surface area contributed by atoms with Crippen LogP contribution < -0.4 is 5.32 Å². The number of rotatable bonds is 6. The molecule has 1 N–H and O–H groups in total. The molecule has 0 aromatic carbocycles. The Morgan fingerprint density at radius 2 is 2.44 bits per heavy atom. The van der Waals surface area contributed by atoms with Crippen LogP contribution in [0, 0.1) is 0 Å². The van der Waals surface area contributed by atoms with Crippen LogP contribution in [-0.4, -0.2) is 31.0 Å². The molecule has 3 nitrogen and oxygen atoms in total. The van der Waals surface area contributed by atoms with E-state index in [1.54, 1.807) is 18.4 Å². The SMILES string of the molecule is COCC(CCBr)NC(=O)c1cc2c(s1)CCC2. The molecule has 0 radical (unpaired) electrons. The second-order valence-electron chi connectivity index (χ2n) is 4.52. The van der Waals surface area contributed by atoms with E-state index in [-0.39, 0.29) is 11.9 Å². The molecule has 18 heavy (non-hydrogen) atoms. The number of halogens is 1. The van der Waals surface area contributed by atoms with Crippen LogP contribution in [0.25, 0.3) is 0 Å². The molecule has 5 heteroatoms. The Hall–Kier alpha value is -0.390. The van der Waals surface area contributed by atoms with Crippen molar-refractivity contribution in [2.24, 2.45) is 0 Å². The number of nitrogens with one attached hydrogen (secondary N) is 1. The maximum absolute atomic E-state index is 12.1. The van der Waals surface area contributed by atoms with Gasteiger partial charge in [0.25, 0.3) is 5.91 Å². The lowest BCUT2D eigenvalue weighted by atomic mass is 10.2. The van der Waals surface area contributed by atoms with E-state index in [0.29, 0.717) is 6.61 Å². The van der Waals surface area contributed by atoms with Crippen LogP contribution in [0.4, 0.5) is 0 Å². The Balaban J connectivity index is 1.97. The highest BCUT2D eigenvalue weighted by Crippen LogP contribution is 2.30. The second kappa shape index (κ2) is 6.68. The number of thiophene rings is 1. The van der Waals surface area contributed by atoms with Gasteiger partial charge in [-0.25, -0.2) is 0 Å². The van der Waals surface area contributed by atoms with Gasteiger partial charge in [0, 0.05) is 17.3 Å². The Morgan fingerprint density at radius 1 is 1.61 bits per heavy atom. The summed E-state index contributed by atoms with van der Waals surface area (Å²) in [4.78, 5) is 14.4. The number of hydrogen-bond donors (Lipinski definition) is 1. The lowest BCUT2D eigenvalue weighted by molar-refractivity contribution is 0.0899. The molecule has 1 aromatic heterocycles. The lowest BCUT2D eigenvalue weighted by Crippen LogP contribution is -2.38. The van der Waals surface area contributed by atoms with Crippen LogP contribution in [-0.2, 0) is 17.6 Å². The minimum Gasteiger partial charge on any atom is -0.383 e. The molecule has 0 fully saturated rings. The number of methoxy groups -OCH3 is 1. The molecule has 0 spiro atoms. The number of carbonyl (C=O) groups is 1. The predicted octanol–water partition coefficient (Wildman–Crippen LogP) is 2.77. The fraction of sp³-hybridized carbons (Fsp3) is 0.615. The van der Waals surface area contributed by atoms with Crippen molar-refractivity contribution in [3.63, 3.8) is 0 Å². The van der Waals surface area contributed by atoms with Crippen LogP contribution in [0.5, 0.6) is 0 Å². The van der Waals surface area contributed by atoms with Crippen molar-refractivity contribution < 1.29 is 9.53 Å². The predicted molar refractivity (Wildman–Crippen MR) is 77.9 cm³/mol. The highest BCUT2D eigenvalue weighted by molar-refractivity contribution is 9.09. The van der Waals surface area contributed by atoms with Crippen molar-refractivity contribution in [1.29, 1.82) is 0 Å². The van der Waals surface area contributed by atoms with Crippen molar-refractivity contribution in [2.45, 2.75) is 31.7 Å². The summed E-state index contributed by atoms with van der Waals surface area (Å²) in [5.74, 6) is 0.0393. The minimum atomic E-state index is 0.0393. The zero-order valence-corrected chi connectivity index (χ0v) is 12.9. The molecule has 1 aromatic rings. The van der Waals surface area contributed by atoms with Crippen molar-refractivity contribution in [1.82, 2.24) is 5.32 Å². The number of amides is 1. The monoisotopic (exact) mass is 331 g/mol. The maximum Gasteiger partial charge on any atom is 0.261 e. The van der Waals surface area contributed by atoms with Crippen LogP contribution >= 0.6 is 27.3 Å². The number of aryl methyl sites for hydroxylation is 2. The average molecular weight is 332 g/mol. The van der Waals surface area contributed by atoms with E-state index >= 15 is 0 Å². The normalized spacial score (nSPS) is 15.4. The van der Waals surface area contributed by atoms with Gasteiger partial charge >= 0.3 is 0 Å². The van der Waals surface area contributed by atoms with Crippen molar-refractivity contribution in [2.75, 3.05) is 19.0 Å². The van der Waals surface area contributed by atoms with Crippen LogP contribution in [0.2, 0.25) is 0 Å². The standard InChI is InChI=1S/C13H18BrNO2S/c1-17-8-10(5-6-14)15-13(16)12-7-9-3-2-4-11(9)18-12/h7,10H,2-6,8H2,1H3,(H,15,16). The van der Waals surface area contributed by atoms with Crippen molar-refractivity contribution in [3.8, 4) is 0 Å². The average Bonchev–Trinajstić information content (AvgIpc) is 2.89. The number of hydrogen-bond acceptors (Lipinski definition) is 3. The first-order chi connectivity index (χ1) is 8.74. The molecule has 100 valence electrons. The Morgan fingerprint density at radius 3 is 3.11 bits per heavy atom. The van der Waals surface area contributed by atoms with Gasteiger partial charge in [0.15, 0.2) is 0 Å². The van der Waals surface area contributed by atoms with E-state index in [9.17, 15) is 4.79 Å². The van der Waals surface area contributed by atoms with Gasteiger partial charge in [-0.05, 0) is 37.3 Å². The summed E-state index contributed by atoms with van der Waals surface area (Å²) < 4.78 is 5.12. The zero-order chi connectivity index (χ0) is 13.0. The van der Waals surface area contributed by atoms with Crippen molar-refractivity contribution >= 4 is 33.2 Å². The summed E-state index contributed by atoms with van der Waals surface area (Å²) in [6.07, 6.45) is 4.38. The van der Waals surface area contributed by atoms with Crippen LogP contribution in [0.1, 0.15) is 33.0 Å². The largest absolute Gasteiger partial charge is 0.383 e. The second-order valence-corrected chi connectivity index (χ2v) is 6.45. The quantitative estimate of drug-likeness (QED) is 0.814. The zero-order valence-electron chi connectivity index (χ0n) is 10.5. The van der Waals surface area contributed by atoms with Gasteiger partial charge in [0.1, 0.15) is 0 Å². The number of carbonyl (C=O) groups excluding carboxylic acids is 1. The van der Waals surface area contributed by atoms with Crippen molar-refractivity contribution in [3.05, 3.63) is 21.4 Å². The lowest BCUT2D eigenvalue weighted by Gasteiger charge is -2.16. The number of ether oxygens (including phenoxy) is 1. The molecule has 1 aliphatic rings. The van der Waals surface area contributed by atoms with E-state index in [2.05, 4.69) is 27.3 Å². The smallest absolute Gasteiger partial charge is 0.261 e. The Labute approximate surface area is 120 Å². The van der Waals surface area contributed by atoms with Gasteiger partial charge in [0.2, 0.25) is 0 Å². The third-order valence-corrected chi connectivity index (χ3v) is 4.82. The van der Waals surface area contributed by atoms with Gasteiger partial charge in [-0.15, -0.1) is 11.3 Å². The van der Waals surface area contributed by atoms with E-state index in [1.807, 2.05) is 0 Å². The molecule has 1 aliphatic carbocycles. The first kappa shape index (κ1) is 14.0. The maximum atomic E-state index is 12.1. The molecule has 0 saturated carbocycles. The molecule has 0 aliphatic heterocycles. The van der Waals surface area contributed by atoms with Crippen LogP contribution in [0.15, 0.2) is 6.07 Å². The Kier molecular flexibility index (Phi) is 5.21. The van der Waals surface area contributed by atoms with Gasteiger partial charge < -0.3 is 10.1 Å². The van der Waals surface area contributed by atoms with E-state index in [4.69, 9.17) is 4.74 Å². The number of fused-ring (bicyclic) bond motifs is 1. The first-order valence-corrected chi connectivity index (χ1v) is 8.15. The summed E-state index contributed by atoms with van der Waals surface area (Å²) >= 11 is 5.04. The molecular formula is C13H18BrNO2S. The van der Waals surface area contributed by atoms with Gasteiger partial charge in [-0.1, -0.05) is 15.9 Å². The van der Waals surface area contributed by atoms with E-state index in [1.165, 1.54) is 16.9 Å². The summed E-state index contributed by atoms with van der Waals surface area (Å²) in [5.41, 5.74) is 1.37. The highest BCUT2D eigenvalue weighted by Gasteiger charge is 2.20. The first-order valence-electron chi connectivity index (χ1n) is 6.22. The summed E-state index contributed by atoms with van der Waals surface area (Å²) in [5, 5.41) is 3.90. The molecule has 1 heterocycles. The van der Waals surface area contributed by atoms with E-state index < -0.39 is 0 Å². The molecule has 1 atom stereocenters. The molecule has 1 unspecified atom stereocenters. The molecule has 0 bridgehead atoms. The van der Waals surface area contributed by atoms with E-state index in [0.717, 1.165) is 29.5 Å². The van der Waals surface area contributed by atoms with Gasteiger partial charge in [0.05, 0.1) is 17.5 Å². The summed E-state index contributed by atoms with van der Waals surface area (Å²) in [7, 11) is 1.66. The minimum absolute atomic E-state index is 0.0393.